The van der Waals surface area contributed by atoms with Crippen molar-refractivity contribution < 1.29 is 4.79 Å². The van der Waals surface area contributed by atoms with Crippen LogP contribution in [0.25, 0.3) is 11.3 Å². The Labute approximate surface area is 127 Å². The second-order valence-corrected chi connectivity index (χ2v) is 6.00. The van der Waals surface area contributed by atoms with Gasteiger partial charge in [-0.2, -0.15) is 5.10 Å². The van der Waals surface area contributed by atoms with Crippen LogP contribution < -0.4 is 0 Å². The zero-order valence-electron chi connectivity index (χ0n) is 11.0. The Morgan fingerprint density at radius 3 is 2.80 bits per heavy atom. The summed E-state index contributed by atoms with van der Waals surface area (Å²) in [5.41, 5.74) is 1.84. The summed E-state index contributed by atoms with van der Waals surface area (Å²) < 4.78 is 1.87. The Balaban J connectivity index is 2.08. The Morgan fingerprint density at radius 1 is 1.40 bits per heavy atom. The highest BCUT2D eigenvalue weighted by molar-refractivity contribution is 6.43. The highest BCUT2D eigenvalue weighted by Crippen LogP contribution is 2.40. The van der Waals surface area contributed by atoms with Crippen molar-refractivity contribution in [3.05, 3.63) is 40.0 Å². The summed E-state index contributed by atoms with van der Waals surface area (Å²) in [7, 11) is 0. The average molecular weight is 309 g/mol. The molecule has 1 saturated carbocycles. The molecule has 0 aliphatic heterocycles. The molecule has 0 N–H and O–H groups in total. The second-order valence-electron chi connectivity index (χ2n) is 5.21. The highest BCUT2D eigenvalue weighted by Gasteiger charge is 2.30. The molecule has 1 aliphatic rings. The molecule has 1 heterocycles. The third-order valence-electron chi connectivity index (χ3n) is 3.82. The zero-order chi connectivity index (χ0) is 14.3. The van der Waals surface area contributed by atoms with Crippen molar-refractivity contribution >= 4 is 29.5 Å². The molecule has 3 rings (SSSR count). The van der Waals surface area contributed by atoms with Crippen molar-refractivity contribution in [2.75, 3.05) is 0 Å². The summed E-state index contributed by atoms with van der Waals surface area (Å²) in [4.78, 5) is 11.3. The molecule has 0 bridgehead atoms. The van der Waals surface area contributed by atoms with Crippen LogP contribution in [0.4, 0.5) is 0 Å². The summed E-state index contributed by atoms with van der Waals surface area (Å²) in [6, 6.07) is 5.66. The molecule has 0 spiro atoms. The van der Waals surface area contributed by atoms with Crippen LogP contribution in [0, 0.1) is 5.92 Å². The topological polar surface area (TPSA) is 34.9 Å². The van der Waals surface area contributed by atoms with E-state index in [0.717, 1.165) is 6.29 Å². The lowest BCUT2D eigenvalue weighted by molar-refractivity contribution is 0.112. The quantitative estimate of drug-likeness (QED) is 0.771. The van der Waals surface area contributed by atoms with Crippen LogP contribution in [0.1, 0.15) is 36.2 Å². The Bertz CT molecular complexity index is 662. The minimum atomic E-state index is 0.306. The maximum absolute atomic E-state index is 11.3. The SMILES string of the molecule is CC(C1CC1)n1cc(C=O)c(-c2cccc(Cl)c2Cl)n1. The lowest BCUT2D eigenvalue weighted by Gasteiger charge is -2.10. The lowest BCUT2D eigenvalue weighted by atomic mass is 10.1. The number of rotatable bonds is 4. The molecule has 1 aromatic carbocycles. The molecule has 1 fully saturated rings. The summed E-state index contributed by atoms with van der Waals surface area (Å²) in [6.07, 6.45) is 5.06. The largest absolute Gasteiger partial charge is 0.298 e. The van der Waals surface area contributed by atoms with Crippen LogP contribution in [-0.2, 0) is 0 Å². The van der Waals surface area contributed by atoms with Gasteiger partial charge in [0.25, 0.3) is 0 Å². The maximum Gasteiger partial charge on any atom is 0.153 e. The van der Waals surface area contributed by atoms with Crippen LogP contribution >= 0.6 is 23.2 Å². The number of aromatic nitrogens is 2. The smallest absolute Gasteiger partial charge is 0.153 e. The molecule has 1 aliphatic carbocycles. The highest BCUT2D eigenvalue weighted by atomic mass is 35.5. The van der Waals surface area contributed by atoms with Crippen molar-refractivity contribution in [1.82, 2.24) is 9.78 Å². The number of nitrogens with zero attached hydrogens (tertiary/aromatic N) is 2. The number of aldehydes is 1. The molecular formula is C15H14Cl2N2O. The lowest BCUT2D eigenvalue weighted by Crippen LogP contribution is -2.07. The first-order valence-electron chi connectivity index (χ1n) is 6.60. The minimum Gasteiger partial charge on any atom is -0.298 e. The minimum absolute atomic E-state index is 0.306. The molecule has 0 amide bonds. The summed E-state index contributed by atoms with van der Waals surface area (Å²) in [6.45, 7) is 2.13. The summed E-state index contributed by atoms with van der Waals surface area (Å²) in [5.74, 6) is 0.664. The van der Waals surface area contributed by atoms with E-state index in [2.05, 4.69) is 12.0 Å². The van der Waals surface area contributed by atoms with E-state index in [1.54, 1.807) is 12.3 Å². The fourth-order valence-corrected chi connectivity index (χ4v) is 2.78. The van der Waals surface area contributed by atoms with Gasteiger partial charge in [-0.1, -0.05) is 35.3 Å². The van der Waals surface area contributed by atoms with Crippen molar-refractivity contribution in [2.45, 2.75) is 25.8 Å². The van der Waals surface area contributed by atoms with Crippen molar-refractivity contribution in [3.63, 3.8) is 0 Å². The number of halogens is 2. The van der Waals surface area contributed by atoms with E-state index in [-0.39, 0.29) is 0 Å². The molecule has 5 heteroatoms. The maximum atomic E-state index is 11.3. The second kappa shape index (κ2) is 5.23. The first kappa shape index (κ1) is 13.7. The van der Waals surface area contributed by atoms with Gasteiger partial charge >= 0.3 is 0 Å². The first-order valence-corrected chi connectivity index (χ1v) is 7.36. The molecule has 20 heavy (non-hydrogen) atoms. The monoisotopic (exact) mass is 308 g/mol. The van der Waals surface area contributed by atoms with Gasteiger partial charge in [0.2, 0.25) is 0 Å². The van der Waals surface area contributed by atoms with E-state index in [4.69, 9.17) is 23.2 Å². The number of benzene rings is 1. The van der Waals surface area contributed by atoms with E-state index in [1.807, 2.05) is 16.8 Å². The van der Waals surface area contributed by atoms with E-state index in [1.165, 1.54) is 12.8 Å². The van der Waals surface area contributed by atoms with Crippen molar-refractivity contribution in [3.8, 4) is 11.3 Å². The van der Waals surface area contributed by atoms with Crippen LogP contribution in [-0.4, -0.2) is 16.1 Å². The standard InChI is InChI=1S/C15H14Cl2N2O/c1-9(10-5-6-10)19-7-11(8-20)15(18-19)12-3-2-4-13(16)14(12)17/h2-4,7-10H,5-6H2,1H3. The Morgan fingerprint density at radius 2 is 2.15 bits per heavy atom. The van der Waals surface area contributed by atoms with E-state index in [9.17, 15) is 4.79 Å². The molecule has 104 valence electrons. The normalized spacial score (nSPS) is 16.1. The first-order chi connectivity index (χ1) is 9.61. The third-order valence-corrected chi connectivity index (χ3v) is 4.63. The predicted molar refractivity (Wildman–Crippen MR) is 80.5 cm³/mol. The molecule has 0 radical (unpaired) electrons. The molecule has 0 saturated heterocycles. The molecule has 2 aromatic rings. The predicted octanol–water partition coefficient (Wildman–Crippen LogP) is 4.64. The van der Waals surface area contributed by atoms with Crippen LogP contribution in [0.5, 0.6) is 0 Å². The molecule has 1 aromatic heterocycles. The number of hydrogen-bond donors (Lipinski definition) is 0. The van der Waals surface area contributed by atoms with Crippen LogP contribution in [0.2, 0.25) is 10.0 Å². The van der Waals surface area contributed by atoms with Gasteiger partial charge in [-0.15, -0.1) is 0 Å². The zero-order valence-corrected chi connectivity index (χ0v) is 12.5. The molecule has 1 unspecified atom stereocenters. The van der Waals surface area contributed by atoms with Gasteiger partial charge in [0.15, 0.2) is 6.29 Å². The van der Waals surface area contributed by atoms with Gasteiger partial charge in [-0.25, -0.2) is 0 Å². The van der Waals surface area contributed by atoms with E-state index in [0.29, 0.717) is 38.8 Å². The van der Waals surface area contributed by atoms with E-state index < -0.39 is 0 Å². The number of carbonyl (C=O) groups excluding carboxylic acids is 1. The van der Waals surface area contributed by atoms with Crippen LogP contribution in [0.15, 0.2) is 24.4 Å². The number of carbonyl (C=O) groups is 1. The van der Waals surface area contributed by atoms with Crippen molar-refractivity contribution in [1.29, 1.82) is 0 Å². The molecular weight excluding hydrogens is 295 g/mol. The van der Waals surface area contributed by atoms with Crippen LogP contribution in [0.3, 0.4) is 0 Å². The van der Waals surface area contributed by atoms with Crippen molar-refractivity contribution in [2.24, 2.45) is 5.92 Å². The van der Waals surface area contributed by atoms with Gasteiger partial charge in [0, 0.05) is 11.8 Å². The summed E-state index contributed by atoms with van der Waals surface area (Å²) >= 11 is 12.3. The van der Waals surface area contributed by atoms with Gasteiger partial charge < -0.3 is 0 Å². The summed E-state index contributed by atoms with van der Waals surface area (Å²) in [5, 5.41) is 5.45. The third kappa shape index (κ3) is 2.36. The number of hydrogen-bond acceptors (Lipinski definition) is 2. The molecule has 3 nitrogen and oxygen atoms in total. The van der Waals surface area contributed by atoms with Gasteiger partial charge in [0.1, 0.15) is 5.69 Å². The fourth-order valence-electron chi connectivity index (χ4n) is 2.39. The van der Waals surface area contributed by atoms with Gasteiger partial charge in [0.05, 0.1) is 21.7 Å². The van der Waals surface area contributed by atoms with E-state index >= 15 is 0 Å². The molecule has 1 atom stereocenters. The van der Waals surface area contributed by atoms with Gasteiger partial charge in [-0.3, -0.25) is 9.48 Å². The Hall–Kier alpha value is -1.32. The van der Waals surface area contributed by atoms with Gasteiger partial charge in [-0.05, 0) is 31.7 Å². The Kier molecular flexibility index (Phi) is 3.57. The average Bonchev–Trinajstić information content (AvgIpc) is 3.20. The fraction of sp³-hybridized carbons (Fsp3) is 0.333.